The first-order valence-electron chi connectivity index (χ1n) is 7.96. The number of nitrogens with zero attached hydrogens (tertiary/aromatic N) is 4. The van der Waals surface area contributed by atoms with Crippen molar-refractivity contribution in [3.63, 3.8) is 0 Å². The maximum Gasteiger partial charge on any atom is 0.239 e. The van der Waals surface area contributed by atoms with Crippen LogP contribution in [0.2, 0.25) is 0 Å². The van der Waals surface area contributed by atoms with Gasteiger partial charge in [0.05, 0.1) is 10.9 Å². The average Bonchev–Trinajstić information content (AvgIpc) is 3.21. The second-order valence-electron chi connectivity index (χ2n) is 5.46. The van der Waals surface area contributed by atoms with Gasteiger partial charge in [0.2, 0.25) is 5.91 Å². The average molecular weight is 374 g/mol. The lowest BCUT2D eigenvalue weighted by Gasteiger charge is -2.11. The van der Waals surface area contributed by atoms with E-state index in [-0.39, 0.29) is 11.2 Å². The summed E-state index contributed by atoms with van der Waals surface area (Å²) in [5, 5.41) is 14.4. The lowest BCUT2D eigenvalue weighted by molar-refractivity contribution is -0.115. The van der Waals surface area contributed by atoms with E-state index in [2.05, 4.69) is 20.5 Å². The number of carbonyl (C=O) groups excluding carboxylic acids is 1. The minimum absolute atomic E-state index is 0.0914. The van der Waals surface area contributed by atoms with E-state index in [4.69, 9.17) is 0 Å². The summed E-state index contributed by atoms with van der Waals surface area (Å²) >= 11 is 2.82. The highest BCUT2D eigenvalue weighted by Crippen LogP contribution is 2.27. The van der Waals surface area contributed by atoms with Crippen LogP contribution in [-0.4, -0.2) is 30.9 Å². The van der Waals surface area contributed by atoms with E-state index in [1.807, 2.05) is 61.1 Å². The van der Waals surface area contributed by atoms with Gasteiger partial charge in [0.25, 0.3) is 0 Å². The Labute approximate surface area is 154 Å². The van der Waals surface area contributed by atoms with Gasteiger partial charge < -0.3 is 9.88 Å². The number of thioether (sulfide) groups is 1. The molecule has 6 nitrogen and oxygen atoms in total. The fourth-order valence-corrected chi connectivity index (χ4v) is 3.90. The molecule has 2 aromatic heterocycles. The van der Waals surface area contributed by atoms with Gasteiger partial charge in [-0.15, -0.1) is 21.5 Å². The topological polar surface area (TPSA) is 72.7 Å². The molecule has 0 saturated heterocycles. The molecule has 1 aromatic carbocycles. The van der Waals surface area contributed by atoms with Gasteiger partial charge >= 0.3 is 0 Å². The van der Waals surface area contributed by atoms with Gasteiger partial charge in [-0.05, 0) is 20.8 Å². The number of hydrogen-bond acceptors (Lipinski definition) is 6. The molecule has 2 heterocycles. The maximum absolute atomic E-state index is 12.4. The molecule has 0 aliphatic heterocycles. The van der Waals surface area contributed by atoms with Crippen molar-refractivity contribution in [1.82, 2.24) is 19.7 Å². The van der Waals surface area contributed by atoms with Crippen molar-refractivity contribution in [2.24, 2.45) is 0 Å². The number of benzene rings is 1. The summed E-state index contributed by atoms with van der Waals surface area (Å²) in [6, 6.07) is 9.93. The number of anilines is 1. The standard InChI is InChI=1S/C17H19N5OS2/c1-4-22-14(13-8-6-5-7-9-13)20-21-17(22)25-12(3)15(23)19-16-18-11(2)10-24-16/h5-10,12H,4H2,1-3H3,(H,18,19,23)/t12-/m0/s1. The SMILES string of the molecule is CCn1c(S[C@@H](C)C(=O)Nc2nc(C)cs2)nnc1-c1ccccc1. The van der Waals surface area contributed by atoms with Crippen molar-refractivity contribution in [2.75, 3.05) is 5.32 Å². The molecule has 130 valence electrons. The van der Waals surface area contributed by atoms with E-state index in [1.54, 1.807) is 0 Å². The van der Waals surface area contributed by atoms with Crippen molar-refractivity contribution in [3.05, 3.63) is 41.4 Å². The molecule has 3 aromatic rings. The van der Waals surface area contributed by atoms with Gasteiger partial charge in [-0.25, -0.2) is 4.98 Å². The predicted octanol–water partition coefficient (Wildman–Crippen LogP) is 3.85. The van der Waals surface area contributed by atoms with Crippen LogP contribution in [0.15, 0.2) is 40.9 Å². The molecule has 1 amide bonds. The first-order chi connectivity index (χ1) is 12.1. The highest BCUT2D eigenvalue weighted by molar-refractivity contribution is 8.00. The second-order valence-corrected chi connectivity index (χ2v) is 7.63. The lowest BCUT2D eigenvalue weighted by Crippen LogP contribution is -2.22. The Morgan fingerprint density at radius 3 is 2.72 bits per heavy atom. The van der Waals surface area contributed by atoms with Crippen LogP contribution >= 0.6 is 23.1 Å². The summed E-state index contributed by atoms with van der Waals surface area (Å²) in [6.07, 6.45) is 0. The van der Waals surface area contributed by atoms with Crippen LogP contribution < -0.4 is 5.32 Å². The number of aryl methyl sites for hydroxylation is 1. The summed E-state index contributed by atoms with van der Waals surface area (Å²) in [5.41, 5.74) is 1.91. The van der Waals surface area contributed by atoms with Crippen molar-refractivity contribution >= 4 is 34.1 Å². The smallest absolute Gasteiger partial charge is 0.239 e. The molecule has 0 bridgehead atoms. The van der Waals surface area contributed by atoms with Crippen molar-refractivity contribution < 1.29 is 4.79 Å². The second kappa shape index (κ2) is 7.79. The third-order valence-corrected chi connectivity index (χ3v) is 5.52. The molecule has 0 radical (unpaired) electrons. The number of aromatic nitrogens is 4. The van der Waals surface area contributed by atoms with Gasteiger partial charge in [-0.3, -0.25) is 4.79 Å². The maximum atomic E-state index is 12.4. The van der Waals surface area contributed by atoms with E-state index < -0.39 is 0 Å². The normalized spacial score (nSPS) is 12.1. The van der Waals surface area contributed by atoms with Crippen molar-refractivity contribution in [1.29, 1.82) is 0 Å². The van der Waals surface area contributed by atoms with Crippen LogP contribution in [0, 0.1) is 6.92 Å². The molecular weight excluding hydrogens is 354 g/mol. The van der Waals surface area contributed by atoms with E-state index in [0.29, 0.717) is 5.13 Å². The van der Waals surface area contributed by atoms with Gasteiger partial charge in [0.15, 0.2) is 16.1 Å². The minimum atomic E-state index is -0.303. The Morgan fingerprint density at radius 2 is 2.08 bits per heavy atom. The van der Waals surface area contributed by atoms with E-state index in [1.165, 1.54) is 23.1 Å². The summed E-state index contributed by atoms with van der Waals surface area (Å²) in [4.78, 5) is 16.6. The van der Waals surface area contributed by atoms with Crippen LogP contribution in [-0.2, 0) is 11.3 Å². The fraction of sp³-hybridized carbons (Fsp3) is 0.294. The fourth-order valence-electron chi connectivity index (χ4n) is 2.29. The largest absolute Gasteiger partial charge is 0.302 e. The zero-order valence-corrected chi connectivity index (χ0v) is 15.9. The molecule has 8 heteroatoms. The molecule has 0 aliphatic carbocycles. The molecule has 3 rings (SSSR count). The molecule has 25 heavy (non-hydrogen) atoms. The summed E-state index contributed by atoms with van der Waals surface area (Å²) < 4.78 is 2.03. The Balaban J connectivity index is 1.74. The zero-order valence-electron chi connectivity index (χ0n) is 14.3. The van der Waals surface area contributed by atoms with Crippen LogP contribution in [0.1, 0.15) is 19.5 Å². The summed E-state index contributed by atoms with van der Waals surface area (Å²) in [6.45, 7) is 6.54. The van der Waals surface area contributed by atoms with Gasteiger partial charge in [0, 0.05) is 17.5 Å². The molecule has 0 unspecified atom stereocenters. The van der Waals surface area contributed by atoms with E-state index in [0.717, 1.165) is 28.8 Å². The number of nitrogens with one attached hydrogen (secondary N) is 1. The number of rotatable bonds is 6. The third kappa shape index (κ3) is 4.08. The van der Waals surface area contributed by atoms with Gasteiger partial charge in [-0.1, -0.05) is 42.1 Å². The van der Waals surface area contributed by atoms with Crippen LogP contribution in [0.5, 0.6) is 0 Å². The molecule has 0 saturated carbocycles. The van der Waals surface area contributed by atoms with Crippen molar-refractivity contribution in [2.45, 2.75) is 37.7 Å². The number of thiazole rings is 1. The van der Waals surface area contributed by atoms with Crippen LogP contribution in [0.3, 0.4) is 0 Å². The first-order valence-corrected chi connectivity index (χ1v) is 9.72. The Kier molecular flexibility index (Phi) is 5.50. The quantitative estimate of drug-likeness (QED) is 0.665. The zero-order chi connectivity index (χ0) is 17.8. The molecule has 1 atom stereocenters. The minimum Gasteiger partial charge on any atom is -0.302 e. The first kappa shape index (κ1) is 17.6. The molecule has 0 aliphatic rings. The Bertz CT molecular complexity index is 859. The van der Waals surface area contributed by atoms with E-state index in [9.17, 15) is 4.79 Å². The summed E-state index contributed by atoms with van der Waals surface area (Å²) in [7, 11) is 0. The number of hydrogen-bond donors (Lipinski definition) is 1. The highest BCUT2D eigenvalue weighted by atomic mass is 32.2. The lowest BCUT2D eigenvalue weighted by atomic mass is 10.2. The third-order valence-electron chi connectivity index (χ3n) is 3.57. The Hall–Kier alpha value is -2.19. The van der Waals surface area contributed by atoms with Crippen molar-refractivity contribution in [3.8, 4) is 11.4 Å². The monoisotopic (exact) mass is 373 g/mol. The predicted molar refractivity (Wildman–Crippen MR) is 102 cm³/mol. The van der Waals surface area contributed by atoms with Gasteiger partial charge in [-0.2, -0.15) is 0 Å². The number of carbonyl (C=O) groups is 1. The molecule has 1 N–H and O–H groups in total. The van der Waals surface area contributed by atoms with Gasteiger partial charge in [0.1, 0.15) is 0 Å². The molecule has 0 spiro atoms. The van der Waals surface area contributed by atoms with E-state index >= 15 is 0 Å². The highest BCUT2D eigenvalue weighted by Gasteiger charge is 2.21. The van der Waals surface area contributed by atoms with Crippen LogP contribution in [0.25, 0.3) is 11.4 Å². The molecule has 0 fully saturated rings. The Morgan fingerprint density at radius 1 is 1.32 bits per heavy atom. The summed E-state index contributed by atoms with van der Waals surface area (Å²) in [5.74, 6) is 0.722. The number of amides is 1. The molecular formula is C17H19N5OS2. The van der Waals surface area contributed by atoms with Crippen LogP contribution in [0.4, 0.5) is 5.13 Å².